The second-order valence-electron chi connectivity index (χ2n) is 8.25. The predicted octanol–water partition coefficient (Wildman–Crippen LogP) is 2.94. The molecule has 0 radical (unpaired) electrons. The standard InChI is InChI=1S/C20H22F4N6O2/c21-18(22)32-15-5-11(8-26-17(15)25)14-7-16(30-3-1-13-6-12(30)9-31-13)28-19(27-14)29-4-2-20(23,24)10-29/h5,7-8,12-13,18H,1-4,6,9-10H2,(H2,25,26). The second-order valence-corrected chi connectivity index (χ2v) is 8.25. The summed E-state index contributed by atoms with van der Waals surface area (Å²) in [6.07, 6.45) is 3.03. The van der Waals surface area contributed by atoms with E-state index in [0.717, 1.165) is 12.8 Å². The monoisotopic (exact) mass is 454 g/mol. The van der Waals surface area contributed by atoms with E-state index in [-0.39, 0.29) is 42.6 Å². The third kappa shape index (κ3) is 4.10. The molecule has 3 aliphatic heterocycles. The van der Waals surface area contributed by atoms with Gasteiger partial charge in [-0.1, -0.05) is 0 Å². The van der Waals surface area contributed by atoms with Gasteiger partial charge >= 0.3 is 6.61 Å². The quantitative estimate of drug-likeness (QED) is 0.690. The van der Waals surface area contributed by atoms with Crippen LogP contribution in [0.2, 0.25) is 0 Å². The molecule has 0 amide bonds. The maximum atomic E-state index is 13.9. The molecule has 2 N–H and O–H groups in total. The molecule has 0 aliphatic carbocycles. The smallest absolute Gasteiger partial charge is 0.387 e. The van der Waals surface area contributed by atoms with Crippen molar-refractivity contribution in [2.24, 2.45) is 0 Å². The number of aromatic nitrogens is 3. The molecule has 3 fully saturated rings. The Morgan fingerprint density at radius 2 is 2.06 bits per heavy atom. The minimum Gasteiger partial charge on any atom is -0.431 e. The van der Waals surface area contributed by atoms with E-state index in [1.807, 2.05) is 0 Å². The lowest BCUT2D eigenvalue weighted by Crippen LogP contribution is -2.41. The Morgan fingerprint density at radius 1 is 1.22 bits per heavy atom. The summed E-state index contributed by atoms with van der Waals surface area (Å²) in [5, 5.41) is 0. The van der Waals surface area contributed by atoms with Crippen LogP contribution in [-0.4, -0.2) is 65.9 Å². The third-order valence-electron chi connectivity index (χ3n) is 6.03. The molecule has 3 saturated heterocycles. The molecule has 2 aromatic rings. The minimum absolute atomic E-state index is 0.115. The van der Waals surface area contributed by atoms with Gasteiger partial charge in [0, 0.05) is 37.3 Å². The van der Waals surface area contributed by atoms with E-state index < -0.39 is 19.1 Å². The molecule has 2 aromatic heterocycles. The van der Waals surface area contributed by atoms with Crippen molar-refractivity contribution in [1.29, 1.82) is 0 Å². The first-order valence-corrected chi connectivity index (χ1v) is 10.4. The van der Waals surface area contributed by atoms with Crippen molar-refractivity contribution in [3.63, 3.8) is 0 Å². The summed E-state index contributed by atoms with van der Waals surface area (Å²) in [6.45, 7) is -2.16. The molecule has 0 spiro atoms. The van der Waals surface area contributed by atoms with E-state index in [2.05, 4.69) is 24.6 Å². The number of nitrogens with zero attached hydrogens (tertiary/aromatic N) is 5. The zero-order chi connectivity index (χ0) is 22.5. The highest BCUT2D eigenvalue weighted by molar-refractivity contribution is 5.68. The van der Waals surface area contributed by atoms with Gasteiger partial charge in [-0.25, -0.2) is 18.7 Å². The van der Waals surface area contributed by atoms with Gasteiger partial charge in [-0.15, -0.1) is 0 Å². The van der Waals surface area contributed by atoms with Gasteiger partial charge in [0.1, 0.15) is 5.82 Å². The van der Waals surface area contributed by atoms with Crippen LogP contribution in [0.25, 0.3) is 11.3 Å². The van der Waals surface area contributed by atoms with Crippen LogP contribution < -0.4 is 20.3 Å². The average Bonchev–Trinajstić information content (AvgIpc) is 3.31. The number of anilines is 3. The van der Waals surface area contributed by atoms with Crippen LogP contribution in [-0.2, 0) is 4.74 Å². The van der Waals surface area contributed by atoms with Crippen molar-refractivity contribution in [2.75, 3.05) is 41.8 Å². The van der Waals surface area contributed by atoms with Crippen molar-refractivity contribution in [2.45, 2.75) is 43.9 Å². The van der Waals surface area contributed by atoms with Crippen LogP contribution in [0, 0.1) is 0 Å². The van der Waals surface area contributed by atoms with Gasteiger partial charge in [-0.05, 0) is 18.9 Å². The first-order valence-electron chi connectivity index (χ1n) is 10.4. The molecule has 12 heteroatoms. The molecular weight excluding hydrogens is 432 g/mol. The topological polar surface area (TPSA) is 89.6 Å². The number of hydrogen-bond donors (Lipinski definition) is 1. The fraction of sp³-hybridized carbons (Fsp3) is 0.550. The Balaban J connectivity index is 1.55. The summed E-state index contributed by atoms with van der Waals surface area (Å²) in [6, 6.07) is 3.15. The van der Waals surface area contributed by atoms with Crippen molar-refractivity contribution >= 4 is 17.6 Å². The fourth-order valence-corrected chi connectivity index (χ4v) is 4.42. The van der Waals surface area contributed by atoms with Crippen LogP contribution in [0.3, 0.4) is 0 Å². The lowest BCUT2D eigenvalue weighted by molar-refractivity contribution is -0.0494. The molecule has 8 nitrogen and oxygen atoms in total. The lowest BCUT2D eigenvalue weighted by Gasteiger charge is -2.33. The van der Waals surface area contributed by atoms with Crippen LogP contribution in [0.15, 0.2) is 18.3 Å². The zero-order valence-electron chi connectivity index (χ0n) is 17.1. The maximum absolute atomic E-state index is 13.9. The number of piperidine rings is 1. The van der Waals surface area contributed by atoms with Crippen molar-refractivity contribution in [3.05, 3.63) is 18.3 Å². The molecule has 172 valence electrons. The number of fused-ring (bicyclic) bond motifs is 2. The van der Waals surface area contributed by atoms with E-state index in [1.165, 1.54) is 17.2 Å². The van der Waals surface area contributed by atoms with Gasteiger partial charge in [0.15, 0.2) is 11.6 Å². The number of nitrogens with two attached hydrogens (primary N) is 1. The molecule has 3 aliphatic rings. The van der Waals surface area contributed by atoms with Crippen LogP contribution in [0.4, 0.5) is 35.1 Å². The molecule has 0 saturated carbocycles. The Morgan fingerprint density at radius 3 is 2.81 bits per heavy atom. The molecule has 32 heavy (non-hydrogen) atoms. The molecule has 2 bridgehead atoms. The average molecular weight is 454 g/mol. The molecular formula is C20H22F4N6O2. The number of rotatable bonds is 5. The molecule has 5 rings (SSSR count). The summed E-state index contributed by atoms with van der Waals surface area (Å²) >= 11 is 0. The van der Waals surface area contributed by atoms with Crippen molar-refractivity contribution in [3.8, 4) is 17.0 Å². The minimum atomic E-state index is -3.07. The molecule has 2 atom stereocenters. The van der Waals surface area contributed by atoms with Gasteiger partial charge in [0.2, 0.25) is 5.95 Å². The number of halogens is 4. The summed E-state index contributed by atoms with van der Waals surface area (Å²) in [5.74, 6) is -2.56. The summed E-state index contributed by atoms with van der Waals surface area (Å²) < 4.78 is 63.4. The highest BCUT2D eigenvalue weighted by Crippen LogP contribution is 2.36. The number of nitrogen functional groups attached to an aromatic ring is 1. The highest BCUT2D eigenvalue weighted by atomic mass is 19.3. The van der Waals surface area contributed by atoms with E-state index in [1.54, 1.807) is 6.07 Å². The molecule has 2 unspecified atom stereocenters. The largest absolute Gasteiger partial charge is 0.431 e. The molecule has 5 heterocycles. The summed E-state index contributed by atoms with van der Waals surface area (Å²) in [5.41, 5.74) is 6.37. The van der Waals surface area contributed by atoms with E-state index in [9.17, 15) is 17.6 Å². The molecule has 0 aromatic carbocycles. The van der Waals surface area contributed by atoms with Crippen LogP contribution >= 0.6 is 0 Å². The number of hydrogen-bond acceptors (Lipinski definition) is 8. The Labute approximate surface area is 181 Å². The van der Waals surface area contributed by atoms with Crippen LogP contribution in [0.5, 0.6) is 5.75 Å². The predicted molar refractivity (Wildman–Crippen MR) is 108 cm³/mol. The lowest BCUT2D eigenvalue weighted by atomic mass is 10.0. The summed E-state index contributed by atoms with van der Waals surface area (Å²) in [4.78, 5) is 16.5. The first-order chi connectivity index (χ1) is 15.3. The Hall–Kier alpha value is -2.89. The maximum Gasteiger partial charge on any atom is 0.387 e. The third-order valence-corrected chi connectivity index (χ3v) is 6.03. The van der Waals surface area contributed by atoms with Crippen LogP contribution in [0.1, 0.15) is 19.3 Å². The number of alkyl halides is 4. The van der Waals surface area contributed by atoms with Gasteiger partial charge in [-0.3, -0.25) is 0 Å². The number of ether oxygens (including phenoxy) is 2. The normalized spacial score (nSPS) is 24.4. The van der Waals surface area contributed by atoms with E-state index in [0.29, 0.717) is 30.2 Å². The first kappa shape index (κ1) is 21.0. The SMILES string of the molecule is Nc1ncc(-c2cc(N3CCC4CC3CO4)nc(N3CCC(F)(F)C3)n2)cc1OC(F)F. The Bertz CT molecular complexity index is 1010. The van der Waals surface area contributed by atoms with Gasteiger partial charge in [-0.2, -0.15) is 13.8 Å². The highest BCUT2D eigenvalue weighted by Gasteiger charge is 2.40. The van der Waals surface area contributed by atoms with E-state index >= 15 is 0 Å². The van der Waals surface area contributed by atoms with E-state index in [4.69, 9.17) is 10.5 Å². The fourth-order valence-electron chi connectivity index (χ4n) is 4.42. The Kier molecular flexibility index (Phi) is 5.19. The van der Waals surface area contributed by atoms with Gasteiger partial charge in [0.05, 0.1) is 31.0 Å². The van der Waals surface area contributed by atoms with Gasteiger partial charge in [0.25, 0.3) is 5.92 Å². The second kappa shape index (κ2) is 7.91. The number of pyridine rings is 1. The van der Waals surface area contributed by atoms with Gasteiger partial charge < -0.3 is 25.0 Å². The van der Waals surface area contributed by atoms with Crippen molar-refractivity contribution < 1.29 is 27.0 Å². The summed E-state index contributed by atoms with van der Waals surface area (Å²) in [7, 11) is 0. The van der Waals surface area contributed by atoms with Crippen molar-refractivity contribution in [1.82, 2.24) is 15.0 Å². The zero-order valence-corrected chi connectivity index (χ0v) is 17.1.